The molecule has 1 aromatic carbocycles. The normalized spacial score (nSPS) is 28.7. The first-order valence-electron chi connectivity index (χ1n) is 7.85. The molecule has 2 atom stereocenters. The van der Waals surface area contributed by atoms with Gasteiger partial charge in [-0.1, -0.05) is 6.07 Å². The summed E-state index contributed by atoms with van der Waals surface area (Å²) in [5, 5.41) is 3.45. The Labute approximate surface area is 127 Å². The fourth-order valence-electron chi connectivity index (χ4n) is 3.60. The molecule has 0 aromatic heterocycles. The van der Waals surface area contributed by atoms with E-state index in [1.54, 1.807) is 7.11 Å². The largest absolute Gasteiger partial charge is 0.497 e. The smallest absolute Gasteiger partial charge is 0.128 e. The fourth-order valence-corrected chi connectivity index (χ4v) is 3.60. The maximum atomic E-state index is 6.47. The average Bonchev–Trinajstić information content (AvgIpc) is 2.89. The van der Waals surface area contributed by atoms with Crippen molar-refractivity contribution in [1.29, 1.82) is 0 Å². The standard InChI is InChI=1S/C17H26N2O2/c1-12(2)19-8-7-17(11-19)10-15(18-3)14-6-5-13(20-4)9-16(14)21-17/h5-6,9,12,15,18H,7-8,10-11H2,1-4H3. The zero-order valence-electron chi connectivity index (χ0n) is 13.5. The third-order valence-corrected chi connectivity index (χ3v) is 4.92. The third kappa shape index (κ3) is 2.62. The quantitative estimate of drug-likeness (QED) is 0.928. The van der Waals surface area contributed by atoms with Gasteiger partial charge in [0.15, 0.2) is 0 Å². The van der Waals surface area contributed by atoms with Gasteiger partial charge in [-0.15, -0.1) is 0 Å². The van der Waals surface area contributed by atoms with Crippen molar-refractivity contribution >= 4 is 0 Å². The summed E-state index contributed by atoms with van der Waals surface area (Å²) in [6, 6.07) is 7.09. The SMILES string of the molecule is CNC1CC2(CCN(C(C)C)C2)Oc2cc(OC)ccc21. The molecule has 2 heterocycles. The summed E-state index contributed by atoms with van der Waals surface area (Å²) in [5.41, 5.74) is 1.18. The van der Waals surface area contributed by atoms with E-state index in [4.69, 9.17) is 9.47 Å². The molecule has 1 fully saturated rings. The van der Waals surface area contributed by atoms with Gasteiger partial charge < -0.3 is 14.8 Å². The van der Waals surface area contributed by atoms with Crippen LogP contribution in [0.15, 0.2) is 18.2 Å². The van der Waals surface area contributed by atoms with Crippen LogP contribution in [0, 0.1) is 0 Å². The van der Waals surface area contributed by atoms with Gasteiger partial charge in [0.2, 0.25) is 0 Å². The fraction of sp³-hybridized carbons (Fsp3) is 0.647. The van der Waals surface area contributed by atoms with Gasteiger partial charge in [0.25, 0.3) is 0 Å². The number of rotatable bonds is 3. The number of hydrogen-bond acceptors (Lipinski definition) is 4. The Morgan fingerprint density at radius 3 is 2.86 bits per heavy atom. The van der Waals surface area contributed by atoms with E-state index in [-0.39, 0.29) is 5.60 Å². The number of likely N-dealkylation sites (tertiary alicyclic amines) is 1. The number of fused-ring (bicyclic) bond motifs is 1. The number of nitrogens with zero attached hydrogens (tertiary/aromatic N) is 1. The second-order valence-corrected chi connectivity index (χ2v) is 6.55. The first kappa shape index (κ1) is 14.7. The molecule has 4 nitrogen and oxygen atoms in total. The molecular formula is C17H26N2O2. The van der Waals surface area contributed by atoms with Crippen molar-refractivity contribution in [3.05, 3.63) is 23.8 Å². The predicted octanol–water partition coefficient (Wildman–Crippen LogP) is 2.59. The van der Waals surface area contributed by atoms with Gasteiger partial charge >= 0.3 is 0 Å². The predicted molar refractivity (Wildman–Crippen MR) is 84.1 cm³/mol. The molecule has 2 aliphatic rings. The molecule has 1 aromatic rings. The van der Waals surface area contributed by atoms with Crippen LogP contribution in [-0.2, 0) is 0 Å². The minimum Gasteiger partial charge on any atom is -0.497 e. The summed E-state index contributed by atoms with van der Waals surface area (Å²) in [4.78, 5) is 2.51. The van der Waals surface area contributed by atoms with Crippen molar-refractivity contribution in [2.75, 3.05) is 27.2 Å². The summed E-state index contributed by atoms with van der Waals surface area (Å²) in [7, 11) is 3.73. The second kappa shape index (κ2) is 5.50. The molecule has 0 radical (unpaired) electrons. The van der Waals surface area contributed by atoms with Crippen LogP contribution < -0.4 is 14.8 Å². The zero-order chi connectivity index (χ0) is 15.0. The molecule has 2 aliphatic heterocycles. The molecule has 0 amide bonds. The lowest BCUT2D eigenvalue weighted by atomic mass is 9.86. The minimum atomic E-state index is -0.0582. The molecular weight excluding hydrogens is 264 g/mol. The molecule has 1 N–H and O–H groups in total. The van der Waals surface area contributed by atoms with Gasteiger partial charge in [-0.25, -0.2) is 0 Å². The Kier molecular flexibility index (Phi) is 3.84. The maximum absolute atomic E-state index is 6.47. The van der Waals surface area contributed by atoms with Gasteiger partial charge in [0.05, 0.1) is 7.11 Å². The Bertz CT molecular complexity index is 518. The van der Waals surface area contributed by atoms with Crippen molar-refractivity contribution in [2.45, 2.75) is 44.4 Å². The molecule has 1 spiro atoms. The van der Waals surface area contributed by atoms with E-state index in [2.05, 4.69) is 30.1 Å². The van der Waals surface area contributed by atoms with Crippen LogP contribution in [-0.4, -0.2) is 43.8 Å². The second-order valence-electron chi connectivity index (χ2n) is 6.55. The number of nitrogens with one attached hydrogen (secondary N) is 1. The number of ether oxygens (including phenoxy) is 2. The highest BCUT2D eigenvalue weighted by Crippen LogP contribution is 2.45. The van der Waals surface area contributed by atoms with Crippen LogP contribution in [0.25, 0.3) is 0 Å². The number of hydrogen-bond donors (Lipinski definition) is 1. The van der Waals surface area contributed by atoms with Crippen LogP contribution in [0.5, 0.6) is 11.5 Å². The average molecular weight is 290 g/mol. The van der Waals surface area contributed by atoms with Crippen molar-refractivity contribution in [1.82, 2.24) is 10.2 Å². The lowest BCUT2D eigenvalue weighted by molar-refractivity contribution is 0.0363. The topological polar surface area (TPSA) is 33.7 Å². The van der Waals surface area contributed by atoms with E-state index in [1.165, 1.54) is 5.56 Å². The van der Waals surface area contributed by atoms with E-state index in [0.717, 1.165) is 37.4 Å². The lowest BCUT2D eigenvalue weighted by Crippen LogP contribution is -2.46. The van der Waals surface area contributed by atoms with Crippen LogP contribution in [0.2, 0.25) is 0 Å². The first-order valence-corrected chi connectivity index (χ1v) is 7.85. The van der Waals surface area contributed by atoms with Crippen molar-refractivity contribution in [3.63, 3.8) is 0 Å². The Morgan fingerprint density at radius 1 is 1.43 bits per heavy atom. The van der Waals surface area contributed by atoms with Crippen molar-refractivity contribution in [3.8, 4) is 11.5 Å². The molecule has 116 valence electrons. The molecule has 2 unspecified atom stereocenters. The number of benzene rings is 1. The van der Waals surface area contributed by atoms with Gasteiger partial charge in [-0.05, 0) is 27.0 Å². The monoisotopic (exact) mass is 290 g/mol. The van der Waals surface area contributed by atoms with E-state index < -0.39 is 0 Å². The zero-order valence-corrected chi connectivity index (χ0v) is 13.5. The maximum Gasteiger partial charge on any atom is 0.128 e. The van der Waals surface area contributed by atoms with E-state index in [9.17, 15) is 0 Å². The lowest BCUT2D eigenvalue weighted by Gasteiger charge is -2.40. The highest BCUT2D eigenvalue weighted by atomic mass is 16.5. The summed E-state index contributed by atoms with van der Waals surface area (Å²) in [6.07, 6.45) is 2.13. The van der Waals surface area contributed by atoms with Gasteiger partial charge in [-0.2, -0.15) is 0 Å². The first-order chi connectivity index (χ1) is 10.1. The molecule has 0 bridgehead atoms. The summed E-state index contributed by atoms with van der Waals surface area (Å²) in [6.45, 7) is 6.65. The van der Waals surface area contributed by atoms with Gasteiger partial charge in [0, 0.05) is 49.6 Å². The Hall–Kier alpha value is -1.26. The van der Waals surface area contributed by atoms with E-state index in [1.807, 2.05) is 19.2 Å². The summed E-state index contributed by atoms with van der Waals surface area (Å²) in [5.74, 6) is 1.84. The Balaban J connectivity index is 1.90. The molecule has 0 aliphatic carbocycles. The molecule has 21 heavy (non-hydrogen) atoms. The molecule has 4 heteroatoms. The van der Waals surface area contributed by atoms with Crippen LogP contribution in [0.4, 0.5) is 0 Å². The van der Waals surface area contributed by atoms with E-state index >= 15 is 0 Å². The molecule has 3 rings (SSSR count). The highest BCUT2D eigenvalue weighted by Gasteiger charge is 2.46. The van der Waals surface area contributed by atoms with E-state index in [0.29, 0.717) is 12.1 Å². The van der Waals surface area contributed by atoms with Crippen molar-refractivity contribution in [2.24, 2.45) is 0 Å². The third-order valence-electron chi connectivity index (χ3n) is 4.92. The van der Waals surface area contributed by atoms with Gasteiger partial charge in [-0.3, -0.25) is 4.90 Å². The summed E-state index contributed by atoms with van der Waals surface area (Å²) < 4.78 is 11.8. The molecule has 1 saturated heterocycles. The van der Waals surface area contributed by atoms with Crippen LogP contribution >= 0.6 is 0 Å². The van der Waals surface area contributed by atoms with Crippen molar-refractivity contribution < 1.29 is 9.47 Å². The van der Waals surface area contributed by atoms with Crippen LogP contribution in [0.1, 0.15) is 38.3 Å². The summed E-state index contributed by atoms with van der Waals surface area (Å²) >= 11 is 0. The number of methoxy groups -OCH3 is 1. The van der Waals surface area contributed by atoms with Crippen LogP contribution in [0.3, 0.4) is 0 Å². The minimum absolute atomic E-state index is 0.0582. The Morgan fingerprint density at radius 2 is 2.24 bits per heavy atom. The molecule has 0 saturated carbocycles. The highest BCUT2D eigenvalue weighted by molar-refractivity contribution is 5.45. The van der Waals surface area contributed by atoms with Gasteiger partial charge in [0.1, 0.15) is 17.1 Å².